The molecule has 2 rings (SSSR count). The van der Waals surface area contributed by atoms with Gasteiger partial charge in [-0.15, -0.1) is 0 Å². The maximum absolute atomic E-state index is 11.9. The highest BCUT2D eigenvalue weighted by Gasteiger charge is 2.16. The van der Waals surface area contributed by atoms with Crippen LogP contribution in [-0.2, 0) is 0 Å². The van der Waals surface area contributed by atoms with Crippen molar-refractivity contribution in [2.75, 3.05) is 6.26 Å². The molecule has 1 aromatic carbocycles. The van der Waals surface area contributed by atoms with Crippen LogP contribution in [0.25, 0.3) is 11.3 Å². The predicted molar refractivity (Wildman–Crippen MR) is 87.2 cm³/mol. The lowest BCUT2D eigenvalue weighted by molar-refractivity contribution is 0.937. The number of nitrogens with zero attached hydrogens (tertiary/aromatic N) is 2. The second kappa shape index (κ2) is 6.07. The molecule has 0 bridgehead atoms. The third-order valence-electron chi connectivity index (χ3n) is 2.41. The first-order chi connectivity index (χ1) is 9.08. The van der Waals surface area contributed by atoms with Crippen molar-refractivity contribution in [1.29, 1.82) is 5.26 Å². The van der Waals surface area contributed by atoms with Gasteiger partial charge in [0.1, 0.15) is 11.6 Å². The number of thioether (sulfide) groups is 1. The van der Waals surface area contributed by atoms with Gasteiger partial charge in [0.05, 0.1) is 5.69 Å². The van der Waals surface area contributed by atoms with Crippen LogP contribution < -0.4 is 5.56 Å². The van der Waals surface area contributed by atoms with Crippen molar-refractivity contribution in [2.45, 2.75) is 5.16 Å². The number of halogens is 2. The average molecular weight is 448 g/mol. The van der Waals surface area contributed by atoms with Crippen LogP contribution in [-0.4, -0.2) is 16.2 Å². The Balaban J connectivity index is 2.81. The zero-order valence-electron chi connectivity index (χ0n) is 9.70. The van der Waals surface area contributed by atoms with E-state index in [0.717, 1.165) is 13.6 Å². The number of nitriles is 1. The molecule has 0 radical (unpaired) electrons. The topological polar surface area (TPSA) is 69.5 Å². The van der Waals surface area contributed by atoms with Crippen LogP contribution in [0.5, 0.6) is 0 Å². The molecule has 0 saturated heterocycles. The molecule has 1 heterocycles. The van der Waals surface area contributed by atoms with E-state index in [-0.39, 0.29) is 5.56 Å². The fraction of sp³-hybridized carbons (Fsp3) is 0.0833. The van der Waals surface area contributed by atoms with Gasteiger partial charge in [0.25, 0.3) is 5.56 Å². The summed E-state index contributed by atoms with van der Waals surface area (Å²) in [6.45, 7) is 0. The Labute approximate surface area is 135 Å². The van der Waals surface area contributed by atoms with Gasteiger partial charge in [-0.1, -0.05) is 23.9 Å². The molecule has 0 spiro atoms. The van der Waals surface area contributed by atoms with Crippen LogP contribution in [0.3, 0.4) is 0 Å². The Bertz CT molecular complexity index is 739. The van der Waals surface area contributed by atoms with E-state index < -0.39 is 5.56 Å². The predicted octanol–water partition coefficient (Wildman–Crippen LogP) is 3.40. The summed E-state index contributed by atoms with van der Waals surface area (Å²) in [4.78, 5) is 18.8. The largest absolute Gasteiger partial charge is 0.300 e. The lowest BCUT2D eigenvalue weighted by Crippen LogP contribution is -2.14. The van der Waals surface area contributed by atoms with Gasteiger partial charge in [-0.25, -0.2) is 4.98 Å². The summed E-state index contributed by atoms with van der Waals surface area (Å²) in [6.07, 6.45) is 1.82. The summed E-state index contributed by atoms with van der Waals surface area (Å²) in [6, 6.07) is 7.55. The summed E-state index contributed by atoms with van der Waals surface area (Å²) < 4.78 is 1.82. The van der Waals surface area contributed by atoms with Crippen molar-refractivity contribution >= 4 is 50.3 Å². The number of benzene rings is 1. The van der Waals surface area contributed by atoms with E-state index in [1.807, 2.05) is 30.5 Å². The number of aromatic nitrogens is 2. The summed E-state index contributed by atoms with van der Waals surface area (Å²) in [7, 11) is 0. The van der Waals surface area contributed by atoms with Gasteiger partial charge >= 0.3 is 0 Å². The average Bonchev–Trinajstić information content (AvgIpc) is 2.41. The molecular weight excluding hydrogens is 441 g/mol. The minimum absolute atomic E-state index is 0.0282. The molecule has 0 unspecified atom stereocenters. The first-order valence-corrected chi connectivity index (χ1v) is 8.21. The van der Waals surface area contributed by atoms with Gasteiger partial charge in [0, 0.05) is 13.6 Å². The van der Waals surface area contributed by atoms with E-state index in [4.69, 9.17) is 5.26 Å². The number of rotatable bonds is 2. The number of hydrogen-bond acceptors (Lipinski definition) is 4. The van der Waals surface area contributed by atoms with Crippen molar-refractivity contribution in [3.63, 3.8) is 0 Å². The standard InChI is InChI=1S/C12H7BrIN3OS/c1-19-12-16-10(7(5-15)11(18)17-12)6-3-2-4-8(14)9(6)13/h2-4H,1H3,(H,16,17,18). The van der Waals surface area contributed by atoms with Crippen LogP contribution in [0, 0.1) is 14.9 Å². The Kier molecular flexibility index (Phi) is 4.65. The smallest absolute Gasteiger partial charge is 0.270 e. The zero-order valence-corrected chi connectivity index (χ0v) is 14.3. The van der Waals surface area contributed by atoms with E-state index in [1.54, 1.807) is 0 Å². The molecule has 19 heavy (non-hydrogen) atoms. The molecule has 4 nitrogen and oxygen atoms in total. The summed E-state index contributed by atoms with van der Waals surface area (Å²) >= 11 is 6.98. The molecule has 0 atom stereocenters. The van der Waals surface area contributed by atoms with Crippen LogP contribution >= 0.6 is 50.3 Å². The Morgan fingerprint density at radius 1 is 1.53 bits per heavy atom. The normalized spacial score (nSPS) is 10.2. The van der Waals surface area contributed by atoms with Crippen LogP contribution in [0.15, 0.2) is 32.6 Å². The van der Waals surface area contributed by atoms with Crippen LogP contribution in [0.4, 0.5) is 0 Å². The van der Waals surface area contributed by atoms with E-state index in [0.29, 0.717) is 10.9 Å². The summed E-state index contributed by atoms with van der Waals surface area (Å²) in [5.41, 5.74) is 0.758. The fourth-order valence-corrected chi connectivity index (χ4v) is 2.86. The highest BCUT2D eigenvalue weighted by Crippen LogP contribution is 2.32. The maximum atomic E-state index is 11.9. The fourth-order valence-electron chi connectivity index (χ4n) is 1.53. The van der Waals surface area contributed by atoms with Gasteiger partial charge in [-0.3, -0.25) is 4.79 Å². The van der Waals surface area contributed by atoms with E-state index in [2.05, 4.69) is 48.5 Å². The van der Waals surface area contributed by atoms with Gasteiger partial charge in [0.15, 0.2) is 5.16 Å². The molecule has 0 fully saturated rings. The van der Waals surface area contributed by atoms with Crippen LogP contribution in [0.1, 0.15) is 5.56 Å². The molecule has 0 amide bonds. The van der Waals surface area contributed by atoms with Crippen LogP contribution in [0.2, 0.25) is 0 Å². The number of hydrogen-bond donors (Lipinski definition) is 1. The third-order valence-corrected chi connectivity index (χ3v) is 5.48. The Morgan fingerprint density at radius 2 is 2.26 bits per heavy atom. The molecule has 0 saturated carbocycles. The Hall–Kier alpha value is -0.850. The quantitative estimate of drug-likeness (QED) is 0.435. The summed E-state index contributed by atoms with van der Waals surface area (Å²) in [5, 5.41) is 9.64. The van der Waals surface area contributed by atoms with Crippen molar-refractivity contribution in [1.82, 2.24) is 9.97 Å². The molecule has 7 heteroatoms. The monoisotopic (exact) mass is 447 g/mol. The minimum Gasteiger partial charge on any atom is -0.300 e. The molecule has 1 N–H and O–H groups in total. The summed E-state index contributed by atoms with van der Waals surface area (Å²) in [5.74, 6) is 0. The third kappa shape index (κ3) is 2.85. The zero-order chi connectivity index (χ0) is 14.0. The van der Waals surface area contributed by atoms with Gasteiger partial charge in [0.2, 0.25) is 0 Å². The second-order valence-electron chi connectivity index (χ2n) is 3.51. The molecule has 0 aliphatic rings. The number of nitrogens with one attached hydrogen (secondary N) is 1. The lowest BCUT2D eigenvalue weighted by atomic mass is 10.1. The van der Waals surface area contributed by atoms with Crippen molar-refractivity contribution in [3.8, 4) is 17.3 Å². The molecule has 1 aromatic heterocycles. The van der Waals surface area contributed by atoms with Crippen molar-refractivity contribution in [3.05, 3.63) is 42.2 Å². The number of aromatic amines is 1. The first-order valence-electron chi connectivity index (χ1n) is 5.11. The highest BCUT2D eigenvalue weighted by atomic mass is 127. The van der Waals surface area contributed by atoms with E-state index >= 15 is 0 Å². The highest BCUT2D eigenvalue weighted by molar-refractivity contribution is 14.1. The molecular formula is C12H7BrIN3OS. The van der Waals surface area contributed by atoms with E-state index in [1.165, 1.54) is 11.8 Å². The Morgan fingerprint density at radius 3 is 2.89 bits per heavy atom. The van der Waals surface area contributed by atoms with E-state index in [9.17, 15) is 4.79 Å². The first kappa shape index (κ1) is 14.6. The van der Waals surface area contributed by atoms with Gasteiger partial charge < -0.3 is 4.98 Å². The second-order valence-corrected chi connectivity index (χ2v) is 6.26. The molecule has 0 aliphatic carbocycles. The maximum Gasteiger partial charge on any atom is 0.270 e. The molecule has 0 aliphatic heterocycles. The van der Waals surface area contributed by atoms with Gasteiger partial charge in [-0.2, -0.15) is 5.26 Å². The minimum atomic E-state index is -0.414. The van der Waals surface area contributed by atoms with Gasteiger partial charge in [-0.05, 0) is 50.8 Å². The van der Waals surface area contributed by atoms with Crippen molar-refractivity contribution in [2.24, 2.45) is 0 Å². The molecule has 96 valence electrons. The molecule has 2 aromatic rings. The lowest BCUT2D eigenvalue weighted by Gasteiger charge is -2.08. The number of H-pyrrole nitrogens is 1. The SMILES string of the molecule is CSc1nc(-c2cccc(I)c2Br)c(C#N)c(=O)[nH]1. The van der Waals surface area contributed by atoms with Crippen molar-refractivity contribution < 1.29 is 0 Å².